The van der Waals surface area contributed by atoms with Crippen molar-refractivity contribution in [2.45, 2.75) is 24.4 Å². The third-order valence-corrected chi connectivity index (χ3v) is 6.85. The van der Waals surface area contributed by atoms with Gasteiger partial charge in [-0.15, -0.1) is 0 Å². The average Bonchev–Trinajstić information content (AvgIpc) is 2.77. The lowest BCUT2D eigenvalue weighted by atomic mass is 10.1. The lowest BCUT2D eigenvalue weighted by Crippen LogP contribution is -2.33. The van der Waals surface area contributed by atoms with Crippen LogP contribution < -0.4 is 0 Å². The van der Waals surface area contributed by atoms with Crippen molar-refractivity contribution in [3.63, 3.8) is 0 Å². The Morgan fingerprint density at radius 1 is 0.903 bits per heavy atom. The van der Waals surface area contributed by atoms with E-state index in [1.807, 2.05) is 0 Å². The van der Waals surface area contributed by atoms with Crippen molar-refractivity contribution < 1.29 is 26.7 Å². The molecule has 0 heterocycles. The molecule has 3 aromatic carbocycles. The Hall–Kier alpha value is -3.10. The quantitative estimate of drug-likeness (QED) is 0.495. The summed E-state index contributed by atoms with van der Waals surface area (Å²) in [5, 5.41) is 0. The first-order chi connectivity index (χ1) is 14.7. The predicted octanol–water partition coefficient (Wildman–Crippen LogP) is 4.70. The molecule has 0 fully saturated rings. The fraction of sp³-hybridized carbons (Fsp3) is 0.174. The van der Waals surface area contributed by atoms with E-state index in [4.69, 9.17) is 0 Å². The minimum Gasteiger partial charge on any atom is -0.465 e. The summed E-state index contributed by atoms with van der Waals surface area (Å²) >= 11 is 0. The van der Waals surface area contributed by atoms with Crippen LogP contribution in [0.5, 0.6) is 0 Å². The fourth-order valence-corrected chi connectivity index (χ4v) is 4.73. The van der Waals surface area contributed by atoms with E-state index in [0.717, 1.165) is 12.1 Å². The summed E-state index contributed by atoms with van der Waals surface area (Å²) in [6, 6.07) is 15.9. The molecule has 8 heteroatoms. The third-order valence-electron chi connectivity index (χ3n) is 4.92. The molecule has 0 aromatic heterocycles. The van der Waals surface area contributed by atoms with Gasteiger partial charge in [0.25, 0.3) is 0 Å². The van der Waals surface area contributed by atoms with E-state index < -0.39 is 33.7 Å². The summed E-state index contributed by atoms with van der Waals surface area (Å²) in [4.78, 5) is 11.6. The molecule has 0 aliphatic carbocycles. The molecular formula is C23H21F2NO4S. The molecule has 0 aliphatic rings. The molecule has 162 valence electrons. The van der Waals surface area contributed by atoms with Gasteiger partial charge in [0.05, 0.1) is 17.6 Å². The highest BCUT2D eigenvalue weighted by Crippen LogP contribution is 2.30. The smallest absolute Gasteiger partial charge is 0.337 e. The minimum absolute atomic E-state index is 0.0142. The molecular weight excluding hydrogens is 424 g/mol. The summed E-state index contributed by atoms with van der Waals surface area (Å²) in [7, 11) is -2.75. The Morgan fingerprint density at radius 2 is 1.42 bits per heavy atom. The van der Waals surface area contributed by atoms with Crippen LogP contribution in [0.1, 0.15) is 34.5 Å². The van der Waals surface area contributed by atoms with E-state index in [1.165, 1.54) is 47.8 Å². The molecule has 0 bridgehead atoms. The molecule has 3 rings (SSSR count). The van der Waals surface area contributed by atoms with Crippen LogP contribution in [0, 0.1) is 11.6 Å². The zero-order chi connectivity index (χ0) is 22.6. The second-order valence-corrected chi connectivity index (χ2v) is 8.81. The summed E-state index contributed by atoms with van der Waals surface area (Å²) in [5.74, 6) is -1.47. The normalized spacial score (nSPS) is 12.5. The molecule has 0 aliphatic heterocycles. The second kappa shape index (κ2) is 9.36. The monoisotopic (exact) mass is 445 g/mol. The van der Waals surface area contributed by atoms with Gasteiger partial charge >= 0.3 is 5.97 Å². The number of hydrogen-bond donors (Lipinski definition) is 0. The molecule has 5 nitrogen and oxygen atoms in total. The van der Waals surface area contributed by atoms with Gasteiger partial charge in [-0.2, -0.15) is 4.31 Å². The Balaban J connectivity index is 2.00. The molecule has 0 N–H and O–H groups in total. The van der Waals surface area contributed by atoms with Gasteiger partial charge in [0, 0.05) is 12.6 Å². The van der Waals surface area contributed by atoms with Crippen molar-refractivity contribution in [3.8, 4) is 0 Å². The number of sulfonamides is 1. The van der Waals surface area contributed by atoms with Gasteiger partial charge in [-0.3, -0.25) is 0 Å². The highest BCUT2D eigenvalue weighted by atomic mass is 32.2. The molecule has 0 spiro atoms. The molecule has 0 saturated carbocycles. The van der Waals surface area contributed by atoms with Gasteiger partial charge in [-0.1, -0.05) is 24.3 Å². The molecule has 1 atom stereocenters. The molecule has 31 heavy (non-hydrogen) atoms. The number of benzene rings is 3. The van der Waals surface area contributed by atoms with Crippen molar-refractivity contribution in [1.82, 2.24) is 4.31 Å². The number of methoxy groups -OCH3 is 1. The first kappa shape index (κ1) is 22.6. The summed E-state index contributed by atoms with van der Waals surface area (Å²) in [6.07, 6.45) is 0. The number of halogens is 2. The van der Waals surface area contributed by atoms with Gasteiger partial charge in [0.1, 0.15) is 11.6 Å². The maximum absolute atomic E-state index is 13.4. The first-order valence-electron chi connectivity index (χ1n) is 9.42. The molecule has 0 radical (unpaired) electrons. The number of carbonyl (C=O) groups excluding carboxylic acids is 1. The average molecular weight is 445 g/mol. The van der Waals surface area contributed by atoms with E-state index in [9.17, 15) is 22.0 Å². The maximum atomic E-state index is 13.4. The van der Waals surface area contributed by atoms with E-state index in [2.05, 4.69) is 4.74 Å². The summed E-state index contributed by atoms with van der Waals surface area (Å²) in [6.45, 7) is 1.68. The van der Waals surface area contributed by atoms with E-state index >= 15 is 0 Å². The van der Waals surface area contributed by atoms with Crippen LogP contribution in [0.15, 0.2) is 77.7 Å². The molecule has 0 saturated heterocycles. The first-order valence-corrected chi connectivity index (χ1v) is 10.9. The van der Waals surface area contributed by atoms with Gasteiger partial charge in [0.15, 0.2) is 0 Å². The zero-order valence-electron chi connectivity index (χ0n) is 17.0. The number of nitrogens with zero attached hydrogens (tertiary/aromatic N) is 1. The van der Waals surface area contributed by atoms with Crippen LogP contribution in [0.25, 0.3) is 0 Å². The number of carbonyl (C=O) groups is 1. The predicted molar refractivity (Wildman–Crippen MR) is 112 cm³/mol. The topological polar surface area (TPSA) is 63.7 Å². The summed E-state index contributed by atoms with van der Waals surface area (Å²) in [5.41, 5.74) is 1.57. The van der Waals surface area contributed by atoms with Crippen LogP contribution in [-0.2, 0) is 21.3 Å². The van der Waals surface area contributed by atoms with E-state index in [0.29, 0.717) is 16.7 Å². The maximum Gasteiger partial charge on any atom is 0.337 e. The summed E-state index contributed by atoms with van der Waals surface area (Å²) < 4.78 is 59.4. The van der Waals surface area contributed by atoms with Crippen molar-refractivity contribution >= 4 is 16.0 Å². The number of rotatable bonds is 7. The van der Waals surface area contributed by atoms with Crippen LogP contribution in [0.2, 0.25) is 0 Å². The van der Waals surface area contributed by atoms with Crippen molar-refractivity contribution in [2.75, 3.05) is 7.11 Å². The van der Waals surface area contributed by atoms with E-state index in [1.54, 1.807) is 31.2 Å². The number of esters is 1. The van der Waals surface area contributed by atoms with E-state index in [-0.39, 0.29) is 11.4 Å². The van der Waals surface area contributed by atoms with Crippen molar-refractivity contribution in [2.24, 2.45) is 0 Å². The van der Waals surface area contributed by atoms with Crippen LogP contribution in [0.3, 0.4) is 0 Å². The largest absolute Gasteiger partial charge is 0.465 e. The number of hydrogen-bond acceptors (Lipinski definition) is 4. The minimum atomic E-state index is -4.02. The van der Waals surface area contributed by atoms with Gasteiger partial charge in [-0.25, -0.2) is 22.0 Å². The fourth-order valence-electron chi connectivity index (χ4n) is 3.12. The second-order valence-electron chi connectivity index (χ2n) is 6.92. The molecule has 0 amide bonds. The Kier molecular flexibility index (Phi) is 6.82. The molecule has 3 aromatic rings. The SMILES string of the molecule is COC(=O)c1ccc(CN([C@@H](C)c2ccc(F)cc2)S(=O)(=O)c2ccc(F)cc2)cc1. The van der Waals surface area contributed by atoms with Crippen LogP contribution in [-0.4, -0.2) is 25.8 Å². The van der Waals surface area contributed by atoms with Crippen LogP contribution in [0.4, 0.5) is 8.78 Å². The van der Waals surface area contributed by atoms with Gasteiger partial charge in [-0.05, 0) is 66.6 Å². The molecule has 0 unspecified atom stereocenters. The zero-order valence-corrected chi connectivity index (χ0v) is 17.8. The lowest BCUT2D eigenvalue weighted by molar-refractivity contribution is 0.0600. The van der Waals surface area contributed by atoms with Gasteiger partial charge in [0.2, 0.25) is 10.0 Å². The Labute approximate surface area is 179 Å². The Bertz CT molecular complexity index is 1150. The lowest BCUT2D eigenvalue weighted by Gasteiger charge is -2.29. The van der Waals surface area contributed by atoms with Crippen molar-refractivity contribution in [3.05, 3.63) is 101 Å². The van der Waals surface area contributed by atoms with Crippen molar-refractivity contribution in [1.29, 1.82) is 0 Å². The highest BCUT2D eigenvalue weighted by molar-refractivity contribution is 7.89. The standard InChI is InChI=1S/C23H21F2NO4S/c1-16(18-7-9-20(24)10-8-18)26(31(28,29)22-13-11-21(25)12-14-22)15-17-3-5-19(6-4-17)23(27)30-2/h3-14,16H,15H2,1-2H3/t16-/m0/s1. The van der Waals surface area contributed by atoms with Crippen LogP contribution >= 0.6 is 0 Å². The van der Waals surface area contributed by atoms with Gasteiger partial charge < -0.3 is 4.74 Å². The highest BCUT2D eigenvalue weighted by Gasteiger charge is 2.30. The third kappa shape index (κ3) is 5.15. The Morgan fingerprint density at radius 3 is 1.94 bits per heavy atom. The number of ether oxygens (including phenoxy) is 1.